The average Bonchev–Trinajstić information content (AvgIpc) is 2.93. The first kappa shape index (κ1) is 15.1. The normalized spacial score (nSPS) is 29.8. The standard InChI is InChI=1S/C14H16F3N3O2/c1-18-12-4-5-13(7-12,8-12)20-11(21)10-3-2-9(6-19-10)22-14(15,16)17/h2-3,6,18H,4-5,7-8H2,1H3,(H,20,21). The van der Waals surface area contributed by atoms with E-state index in [0.717, 1.165) is 37.9 Å². The van der Waals surface area contributed by atoms with Gasteiger partial charge in [0.25, 0.3) is 5.91 Å². The first-order valence-electron chi connectivity index (χ1n) is 6.98. The van der Waals surface area contributed by atoms with Gasteiger partial charge in [0, 0.05) is 11.1 Å². The van der Waals surface area contributed by atoms with Crippen LogP contribution in [-0.2, 0) is 0 Å². The van der Waals surface area contributed by atoms with Crippen molar-refractivity contribution >= 4 is 5.91 Å². The van der Waals surface area contributed by atoms with Crippen LogP contribution in [0.1, 0.15) is 36.2 Å². The first-order chi connectivity index (χ1) is 10.2. The van der Waals surface area contributed by atoms with Crippen molar-refractivity contribution in [3.63, 3.8) is 0 Å². The number of ether oxygens (including phenoxy) is 1. The minimum atomic E-state index is -4.77. The molecule has 22 heavy (non-hydrogen) atoms. The van der Waals surface area contributed by atoms with E-state index in [1.165, 1.54) is 6.07 Å². The fourth-order valence-corrected chi connectivity index (χ4v) is 3.54. The smallest absolute Gasteiger partial charge is 0.404 e. The van der Waals surface area contributed by atoms with E-state index in [9.17, 15) is 18.0 Å². The number of nitrogens with zero attached hydrogens (tertiary/aromatic N) is 1. The highest BCUT2D eigenvalue weighted by molar-refractivity contribution is 5.93. The van der Waals surface area contributed by atoms with Crippen molar-refractivity contribution in [1.82, 2.24) is 15.6 Å². The van der Waals surface area contributed by atoms with E-state index >= 15 is 0 Å². The maximum atomic E-state index is 12.2. The van der Waals surface area contributed by atoms with Crippen LogP contribution in [0.4, 0.5) is 13.2 Å². The van der Waals surface area contributed by atoms with E-state index in [1.54, 1.807) is 0 Å². The number of aromatic nitrogens is 1. The molecule has 3 fully saturated rings. The lowest BCUT2D eigenvalue weighted by Crippen LogP contribution is -2.62. The van der Waals surface area contributed by atoms with Crippen LogP contribution in [0.25, 0.3) is 0 Å². The van der Waals surface area contributed by atoms with Crippen LogP contribution in [0.15, 0.2) is 18.3 Å². The molecule has 1 aromatic rings. The molecule has 3 aliphatic carbocycles. The third-order valence-electron chi connectivity index (χ3n) is 4.55. The van der Waals surface area contributed by atoms with Crippen molar-refractivity contribution in [1.29, 1.82) is 0 Å². The molecule has 0 spiro atoms. The number of pyridine rings is 1. The van der Waals surface area contributed by atoms with E-state index in [-0.39, 0.29) is 22.7 Å². The quantitative estimate of drug-likeness (QED) is 0.892. The second kappa shape index (κ2) is 4.84. The fourth-order valence-electron chi connectivity index (χ4n) is 3.54. The summed E-state index contributed by atoms with van der Waals surface area (Å²) in [6.07, 6.45) is -0.219. The van der Waals surface area contributed by atoms with Gasteiger partial charge in [0.2, 0.25) is 0 Å². The van der Waals surface area contributed by atoms with Crippen LogP contribution < -0.4 is 15.4 Å². The summed E-state index contributed by atoms with van der Waals surface area (Å²) in [5.41, 5.74) is 0.00589. The van der Waals surface area contributed by atoms with Crippen molar-refractivity contribution < 1.29 is 22.7 Å². The van der Waals surface area contributed by atoms with Gasteiger partial charge in [0.15, 0.2) is 0 Å². The van der Waals surface area contributed by atoms with Crippen LogP contribution >= 0.6 is 0 Å². The van der Waals surface area contributed by atoms with Crippen LogP contribution in [-0.4, -0.2) is 35.4 Å². The number of halogens is 3. The topological polar surface area (TPSA) is 63.2 Å². The highest BCUT2D eigenvalue weighted by atomic mass is 19.4. The number of hydrogen-bond donors (Lipinski definition) is 2. The number of fused-ring (bicyclic) bond motifs is 1. The van der Waals surface area contributed by atoms with E-state index in [0.29, 0.717) is 0 Å². The maximum Gasteiger partial charge on any atom is 0.573 e. The number of rotatable bonds is 4. The van der Waals surface area contributed by atoms with Gasteiger partial charge < -0.3 is 15.4 Å². The van der Waals surface area contributed by atoms with Gasteiger partial charge in [-0.05, 0) is 44.9 Å². The monoisotopic (exact) mass is 315 g/mol. The summed E-state index contributed by atoms with van der Waals surface area (Å²) < 4.78 is 39.9. The Kier molecular flexibility index (Phi) is 3.32. The van der Waals surface area contributed by atoms with Crippen LogP contribution in [0.2, 0.25) is 0 Å². The predicted molar refractivity (Wildman–Crippen MR) is 71.4 cm³/mol. The number of nitrogens with one attached hydrogen (secondary N) is 2. The number of hydrogen-bond acceptors (Lipinski definition) is 4. The second-order valence-electron chi connectivity index (χ2n) is 6.05. The maximum absolute atomic E-state index is 12.2. The Morgan fingerprint density at radius 2 is 1.95 bits per heavy atom. The van der Waals surface area contributed by atoms with Gasteiger partial charge in [-0.1, -0.05) is 0 Å². The highest BCUT2D eigenvalue weighted by Crippen LogP contribution is 2.54. The Bertz CT molecular complexity index is 580. The zero-order valence-electron chi connectivity index (χ0n) is 12.0. The SMILES string of the molecule is CNC12CCC(NC(=O)c3ccc(OC(F)(F)F)cn3)(C1)C2. The Morgan fingerprint density at radius 3 is 2.45 bits per heavy atom. The molecule has 0 unspecified atom stereocenters. The van der Waals surface area contributed by atoms with Gasteiger partial charge in [-0.15, -0.1) is 13.2 Å². The van der Waals surface area contributed by atoms with Gasteiger partial charge in [-0.25, -0.2) is 4.98 Å². The van der Waals surface area contributed by atoms with Crippen LogP contribution in [0.3, 0.4) is 0 Å². The summed E-state index contributed by atoms with van der Waals surface area (Å²) in [4.78, 5) is 15.9. The molecule has 8 heteroatoms. The highest BCUT2D eigenvalue weighted by Gasteiger charge is 2.60. The molecule has 0 radical (unpaired) electrons. The van der Waals surface area contributed by atoms with Gasteiger partial charge in [-0.2, -0.15) is 0 Å². The van der Waals surface area contributed by atoms with Crippen LogP contribution in [0, 0.1) is 0 Å². The molecule has 4 rings (SSSR count). The largest absolute Gasteiger partial charge is 0.573 e. The molecular formula is C14H16F3N3O2. The average molecular weight is 315 g/mol. The molecule has 2 bridgehead atoms. The molecule has 1 amide bonds. The molecule has 1 aromatic heterocycles. The Hall–Kier alpha value is -1.83. The minimum absolute atomic E-state index is 0.0813. The molecule has 1 heterocycles. The Balaban J connectivity index is 1.62. The molecule has 0 aromatic carbocycles. The number of carbonyl (C=O) groups is 1. The number of alkyl halides is 3. The zero-order valence-corrected chi connectivity index (χ0v) is 12.0. The van der Waals surface area contributed by atoms with Crippen molar-refractivity contribution in [3.05, 3.63) is 24.0 Å². The van der Waals surface area contributed by atoms with E-state index in [4.69, 9.17) is 0 Å². The van der Waals surface area contributed by atoms with Crippen molar-refractivity contribution in [2.24, 2.45) is 0 Å². The Labute approximate surface area is 125 Å². The number of carbonyl (C=O) groups excluding carboxylic acids is 1. The predicted octanol–water partition coefficient (Wildman–Crippen LogP) is 1.99. The summed E-state index contributed by atoms with van der Waals surface area (Å²) in [7, 11) is 1.91. The molecule has 3 saturated carbocycles. The summed E-state index contributed by atoms with van der Waals surface area (Å²) >= 11 is 0. The molecule has 3 aliphatic rings. The summed E-state index contributed by atoms with van der Waals surface area (Å²) in [6, 6.07) is 2.31. The molecule has 5 nitrogen and oxygen atoms in total. The van der Waals surface area contributed by atoms with E-state index < -0.39 is 12.1 Å². The lowest BCUT2D eigenvalue weighted by atomic mass is 9.71. The summed E-state index contributed by atoms with van der Waals surface area (Å²) in [5.74, 6) is -0.814. The summed E-state index contributed by atoms with van der Waals surface area (Å²) in [6.45, 7) is 0. The lowest BCUT2D eigenvalue weighted by Gasteiger charge is -2.47. The van der Waals surface area contributed by atoms with Crippen molar-refractivity contribution in [2.75, 3.05) is 7.05 Å². The Morgan fingerprint density at radius 1 is 1.27 bits per heavy atom. The molecule has 0 saturated heterocycles. The second-order valence-corrected chi connectivity index (χ2v) is 6.05. The fraction of sp³-hybridized carbons (Fsp3) is 0.571. The zero-order chi connectivity index (χ0) is 16.0. The molecule has 0 atom stereocenters. The number of amides is 1. The summed E-state index contributed by atoms with van der Waals surface area (Å²) in [5, 5.41) is 6.24. The molecule has 120 valence electrons. The third kappa shape index (κ3) is 2.75. The molecule has 2 N–H and O–H groups in total. The van der Waals surface area contributed by atoms with Gasteiger partial charge in [0.05, 0.1) is 6.20 Å². The van der Waals surface area contributed by atoms with Gasteiger partial charge >= 0.3 is 6.36 Å². The third-order valence-corrected chi connectivity index (χ3v) is 4.55. The van der Waals surface area contributed by atoms with Crippen molar-refractivity contribution in [2.45, 2.75) is 43.1 Å². The van der Waals surface area contributed by atoms with E-state index in [2.05, 4.69) is 20.4 Å². The van der Waals surface area contributed by atoms with Gasteiger partial charge in [0.1, 0.15) is 11.4 Å². The van der Waals surface area contributed by atoms with E-state index in [1.807, 2.05) is 7.05 Å². The lowest BCUT2D eigenvalue weighted by molar-refractivity contribution is -0.274. The van der Waals surface area contributed by atoms with Crippen LogP contribution in [0.5, 0.6) is 5.75 Å². The molecular weight excluding hydrogens is 299 g/mol. The minimum Gasteiger partial charge on any atom is -0.404 e. The van der Waals surface area contributed by atoms with Crippen molar-refractivity contribution in [3.8, 4) is 5.75 Å². The molecule has 0 aliphatic heterocycles. The first-order valence-corrected chi connectivity index (χ1v) is 6.98. The van der Waals surface area contributed by atoms with Gasteiger partial charge in [-0.3, -0.25) is 4.79 Å².